The molecule has 0 heterocycles. The van der Waals surface area contributed by atoms with Gasteiger partial charge in [-0.1, -0.05) is 41.4 Å². The van der Waals surface area contributed by atoms with Gasteiger partial charge in [-0.2, -0.15) is 0 Å². The van der Waals surface area contributed by atoms with Crippen molar-refractivity contribution in [3.05, 3.63) is 87.9 Å². The van der Waals surface area contributed by atoms with E-state index >= 15 is 0 Å². The molecule has 162 valence electrons. The van der Waals surface area contributed by atoms with Crippen LogP contribution in [-0.4, -0.2) is 20.9 Å². The minimum atomic E-state index is -4.16. The van der Waals surface area contributed by atoms with Crippen LogP contribution in [0, 0.1) is 11.6 Å². The number of benzene rings is 3. The average molecular weight is 485 g/mol. The van der Waals surface area contributed by atoms with Gasteiger partial charge < -0.3 is 5.32 Å². The quantitative estimate of drug-likeness (QED) is 0.485. The Balaban J connectivity index is 2.03. The Labute approximate surface area is 188 Å². The lowest BCUT2D eigenvalue weighted by Gasteiger charge is -2.24. The fourth-order valence-corrected chi connectivity index (χ4v) is 5.20. The molecule has 5 nitrogen and oxygen atoms in total. The van der Waals surface area contributed by atoms with Gasteiger partial charge in [-0.3, -0.25) is 9.10 Å². The van der Waals surface area contributed by atoms with Crippen LogP contribution in [0.4, 0.5) is 20.2 Å². The number of amides is 1. The molecule has 0 saturated carbocycles. The van der Waals surface area contributed by atoms with E-state index in [4.69, 9.17) is 23.2 Å². The summed E-state index contributed by atoms with van der Waals surface area (Å²) >= 11 is 12.3. The summed E-state index contributed by atoms with van der Waals surface area (Å²) in [7, 11) is -4.16. The first-order chi connectivity index (χ1) is 14.6. The monoisotopic (exact) mass is 484 g/mol. The predicted octanol–water partition coefficient (Wildman–Crippen LogP) is 5.74. The van der Waals surface area contributed by atoms with Crippen molar-refractivity contribution in [3.8, 4) is 0 Å². The van der Waals surface area contributed by atoms with Crippen molar-refractivity contribution in [3.63, 3.8) is 0 Å². The summed E-state index contributed by atoms with van der Waals surface area (Å²) in [5.41, 5.74) is -0.117. The van der Waals surface area contributed by atoms with Crippen molar-refractivity contribution in [2.45, 2.75) is 11.8 Å². The molecule has 31 heavy (non-hydrogen) atoms. The molecular weight excluding hydrogens is 469 g/mol. The Morgan fingerprint density at radius 3 is 2.29 bits per heavy atom. The topological polar surface area (TPSA) is 66.5 Å². The maximum Gasteiger partial charge on any atom is 0.265 e. The number of hydrogen-bond donors (Lipinski definition) is 1. The SMILES string of the molecule is CCN(c1ccccc1)S(=O)(=O)c1cc(C(=O)Nc2ccc(F)cc2F)c(Cl)cc1Cl. The van der Waals surface area contributed by atoms with Gasteiger partial charge in [0.15, 0.2) is 0 Å². The molecule has 0 unspecified atom stereocenters. The lowest BCUT2D eigenvalue weighted by Crippen LogP contribution is -2.31. The zero-order valence-electron chi connectivity index (χ0n) is 16.1. The van der Waals surface area contributed by atoms with Crippen LogP contribution in [0.5, 0.6) is 0 Å². The van der Waals surface area contributed by atoms with Crippen molar-refractivity contribution in [1.29, 1.82) is 0 Å². The number of carbonyl (C=O) groups is 1. The fourth-order valence-electron chi connectivity index (χ4n) is 2.89. The fraction of sp³-hybridized carbons (Fsp3) is 0.0952. The lowest BCUT2D eigenvalue weighted by molar-refractivity contribution is 0.102. The summed E-state index contributed by atoms with van der Waals surface area (Å²) in [6, 6.07) is 13.1. The second-order valence-corrected chi connectivity index (χ2v) is 8.99. The van der Waals surface area contributed by atoms with Crippen LogP contribution in [0.3, 0.4) is 0 Å². The molecule has 0 aliphatic heterocycles. The number of nitrogens with zero attached hydrogens (tertiary/aromatic N) is 1. The molecular formula is C21H16Cl2F2N2O3S. The van der Waals surface area contributed by atoms with Crippen molar-refractivity contribution in [2.75, 3.05) is 16.2 Å². The van der Waals surface area contributed by atoms with Gasteiger partial charge in [0, 0.05) is 12.6 Å². The third-order valence-corrected chi connectivity index (χ3v) is 7.03. The summed E-state index contributed by atoms with van der Waals surface area (Å²) in [4.78, 5) is 12.3. The normalized spacial score (nSPS) is 11.3. The molecule has 0 fully saturated rings. The van der Waals surface area contributed by atoms with Crippen LogP contribution in [0.15, 0.2) is 65.6 Å². The first kappa shape index (κ1) is 23.0. The van der Waals surface area contributed by atoms with Gasteiger partial charge in [0.05, 0.1) is 27.0 Å². The number of halogens is 4. The lowest BCUT2D eigenvalue weighted by atomic mass is 10.2. The summed E-state index contributed by atoms with van der Waals surface area (Å²) < 4.78 is 54.7. The van der Waals surface area contributed by atoms with E-state index in [0.29, 0.717) is 11.8 Å². The molecule has 0 aliphatic carbocycles. The minimum Gasteiger partial charge on any atom is -0.319 e. The zero-order valence-corrected chi connectivity index (χ0v) is 18.4. The van der Waals surface area contributed by atoms with E-state index in [-0.39, 0.29) is 32.7 Å². The van der Waals surface area contributed by atoms with Crippen molar-refractivity contribution >= 4 is 50.5 Å². The van der Waals surface area contributed by atoms with Crippen LogP contribution in [-0.2, 0) is 10.0 Å². The first-order valence-corrected chi connectivity index (χ1v) is 11.2. The molecule has 0 spiro atoms. The van der Waals surface area contributed by atoms with Crippen molar-refractivity contribution < 1.29 is 22.0 Å². The summed E-state index contributed by atoms with van der Waals surface area (Å²) in [5.74, 6) is -2.69. The Hall–Kier alpha value is -2.68. The van der Waals surface area contributed by atoms with Crippen LogP contribution in [0.1, 0.15) is 17.3 Å². The zero-order chi connectivity index (χ0) is 22.8. The van der Waals surface area contributed by atoms with E-state index in [2.05, 4.69) is 5.32 Å². The van der Waals surface area contributed by atoms with E-state index < -0.39 is 27.6 Å². The number of para-hydroxylation sites is 1. The number of hydrogen-bond acceptors (Lipinski definition) is 3. The van der Waals surface area contributed by atoms with E-state index in [1.54, 1.807) is 37.3 Å². The first-order valence-electron chi connectivity index (χ1n) is 8.98. The summed E-state index contributed by atoms with van der Waals surface area (Å²) in [6.07, 6.45) is 0. The van der Waals surface area contributed by atoms with Crippen LogP contribution >= 0.6 is 23.2 Å². The number of nitrogens with one attached hydrogen (secondary N) is 1. The third-order valence-electron chi connectivity index (χ3n) is 4.34. The maximum atomic E-state index is 13.9. The number of rotatable bonds is 6. The van der Waals surface area contributed by atoms with Crippen LogP contribution in [0.2, 0.25) is 10.0 Å². The van der Waals surface area contributed by atoms with E-state index in [0.717, 1.165) is 28.6 Å². The Morgan fingerprint density at radius 1 is 1.00 bits per heavy atom. The average Bonchev–Trinajstić information content (AvgIpc) is 2.71. The molecule has 10 heteroatoms. The predicted molar refractivity (Wildman–Crippen MR) is 117 cm³/mol. The van der Waals surface area contributed by atoms with E-state index in [1.165, 1.54) is 0 Å². The number of anilines is 2. The van der Waals surface area contributed by atoms with Gasteiger partial charge in [-0.25, -0.2) is 17.2 Å². The number of carbonyl (C=O) groups excluding carboxylic acids is 1. The van der Waals surface area contributed by atoms with E-state index in [1.807, 2.05) is 0 Å². The molecule has 1 amide bonds. The van der Waals surface area contributed by atoms with E-state index in [9.17, 15) is 22.0 Å². The molecule has 3 aromatic carbocycles. The van der Waals surface area contributed by atoms with Gasteiger partial charge >= 0.3 is 0 Å². The molecule has 0 aliphatic rings. The molecule has 0 saturated heterocycles. The van der Waals surface area contributed by atoms with Gasteiger partial charge in [-0.05, 0) is 43.3 Å². The standard InChI is InChI=1S/C21H16Cl2F2N2O3S/c1-2-27(14-6-4-3-5-7-14)31(29,30)20-11-15(16(22)12-17(20)23)21(28)26-19-9-8-13(24)10-18(19)25/h3-12H,2H2,1H3,(H,26,28). The highest BCUT2D eigenvalue weighted by atomic mass is 35.5. The van der Waals surface area contributed by atoms with Crippen molar-refractivity contribution in [2.24, 2.45) is 0 Å². The maximum absolute atomic E-state index is 13.9. The second-order valence-electron chi connectivity index (χ2n) is 6.35. The van der Waals surface area contributed by atoms with Crippen LogP contribution in [0.25, 0.3) is 0 Å². The highest BCUT2D eigenvalue weighted by Gasteiger charge is 2.28. The molecule has 3 rings (SSSR count). The largest absolute Gasteiger partial charge is 0.319 e. The van der Waals surface area contributed by atoms with Gasteiger partial charge in [-0.15, -0.1) is 0 Å². The summed E-state index contributed by atoms with van der Waals surface area (Å²) in [6.45, 7) is 1.76. The molecule has 0 atom stereocenters. The smallest absolute Gasteiger partial charge is 0.265 e. The minimum absolute atomic E-state index is 0.105. The molecule has 0 aromatic heterocycles. The Kier molecular flexibility index (Phi) is 6.83. The Bertz CT molecular complexity index is 1240. The number of sulfonamides is 1. The third kappa shape index (κ3) is 4.81. The highest BCUT2D eigenvalue weighted by Crippen LogP contribution is 2.33. The van der Waals surface area contributed by atoms with Gasteiger partial charge in [0.25, 0.3) is 15.9 Å². The van der Waals surface area contributed by atoms with Crippen LogP contribution < -0.4 is 9.62 Å². The molecule has 0 bridgehead atoms. The molecule has 1 N–H and O–H groups in total. The molecule has 3 aromatic rings. The molecule has 0 radical (unpaired) electrons. The second kappa shape index (κ2) is 9.21. The van der Waals surface area contributed by atoms with Crippen molar-refractivity contribution in [1.82, 2.24) is 0 Å². The van der Waals surface area contributed by atoms with Gasteiger partial charge in [0.1, 0.15) is 16.5 Å². The summed E-state index contributed by atoms with van der Waals surface area (Å²) in [5, 5.41) is 1.94. The highest BCUT2D eigenvalue weighted by molar-refractivity contribution is 7.93. The Morgan fingerprint density at radius 2 is 1.68 bits per heavy atom. The van der Waals surface area contributed by atoms with Gasteiger partial charge in [0.2, 0.25) is 0 Å².